The summed E-state index contributed by atoms with van der Waals surface area (Å²) in [6.07, 6.45) is 8.07. The molecule has 1 aromatic carbocycles. The number of nitrogens with one attached hydrogen (secondary N) is 1. The second-order valence-electron chi connectivity index (χ2n) is 8.90. The van der Waals surface area contributed by atoms with Crippen LogP contribution in [0.4, 0.5) is 5.82 Å². The molecular formula is C24H30ClN3O3. The molecule has 7 heteroatoms. The van der Waals surface area contributed by atoms with E-state index in [1.807, 2.05) is 18.2 Å². The number of aliphatic carboxylic acids is 1. The topological polar surface area (TPSA) is 82.5 Å². The van der Waals surface area contributed by atoms with Crippen molar-refractivity contribution < 1.29 is 14.7 Å². The van der Waals surface area contributed by atoms with Crippen LogP contribution in [0.2, 0.25) is 5.02 Å². The standard InChI is InChI=1S/C24H30ClN3O3/c25-19-7-8-20-18(23(19)24(31)26-15-17-4-2-1-3-5-17)6-9-21(27-20)28-12-10-16(11-13-28)14-22(29)30/h6-9,16-17H,1-5,10-15H2,(H,26,31)(H,29,30). The maximum Gasteiger partial charge on any atom is 0.303 e. The van der Waals surface area contributed by atoms with Gasteiger partial charge in [0.2, 0.25) is 0 Å². The van der Waals surface area contributed by atoms with E-state index in [1.165, 1.54) is 32.1 Å². The second kappa shape index (κ2) is 9.86. The number of benzene rings is 1. The smallest absolute Gasteiger partial charge is 0.303 e. The first-order valence-corrected chi connectivity index (χ1v) is 11.7. The number of carboxylic acid groups (broad SMARTS) is 1. The van der Waals surface area contributed by atoms with E-state index in [4.69, 9.17) is 21.7 Å². The van der Waals surface area contributed by atoms with Crippen LogP contribution in [0.1, 0.15) is 61.7 Å². The van der Waals surface area contributed by atoms with Crippen molar-refractivity contribution in [2.24, 2.45) is 11.8 Å². The van der Waals surface area contributed by atoms with Crippen molar-refractivity contribution in [3.05, 3.63) is 34.9 Å². The van der Waals surface area contributed by atoms with Gasteiger partial charge in [-0.05, 0) is 61.8 Å². The molecule has 0 radical (unpaired) electrons. The van der Waals surface area contributed by atoms with Gasteiger partial charge in [0.05, 0.1) is 16.1 Å². The van der Waals surface area contributed by atoms with Crippen molar-refractivity contribution in [3.63, 3.8) is 0 Å². The van der Waals surface area contributed by atoms with E-state index in [0.29, 0.717) is 23.0 Å². The highest BCUT2D eigenvalue weighted by atomic mass is 35.5. The number of carbonyl (C=O) groups is 2. The molecule has 4 rings (SSSR count). The van der Waals surface area contributed by atoms with Gasteiger partial charge in [-0.1, -0.05) is 30.9 Å². The molecule has 2 fully saturated rings. The minimum atomic E-state index is -0.728. The highest BCUT2D eigenvalue weighted by Gasteiger charge is 2.23. The van der Waals surface area contributed by atoms with E-state index < -0.39 is 5.97 Å². The lowest BCUT2D eigenvalue weighted by Gasteiger charge is -2.32. The first-order valence-electron chi connectivity index (χ1n) is 11.4. The summed E-state index contributed by atoms with van der Waals surface area (Å²) in [6, 6.07) is 7.47. The van der Waals surface area contributed by atoms with Gasteiger partial charge in [-0.3, -0.25) is 9.59 Å². The molecule has 31 heavy (non-hydrogen) atoms. The molecule has 0 bridgehead atoms. The van der Waals surface area contributed by atoms with E-state index in [9.17, 15) is 9.59 Å². The van der Waals surface area contributed by atoms with Gasteiger partial charge in [-0.2, -0.15) is 0 Å². The zero-order valence-electron chi connectivity index (χ0n) is 17.8. The van der Waals surface area contributed by atoms with E-state index in [1.54, 1.807) is 6.07 Å². The largest absolute Gasteiger partial charge is 0.481 e. The Bertz CT molecular complexity index is 950. The van der Waals surface area contributed by atoms with Crippen molar-refractivity contribution in [1.29, 1.82) is 0 Å². The second-order valence-corrected chi connectivity index (χ2v) is 9.31. The fourth-order valence-electron chi connectivity index (χ4n) is 4.90. The van der Waals surface area contributed by atoms with Crippen LogP contribution in [-0.2, 0) is 4.79 Å². The van der Waals surface area contributed by atoms with E-state index in [-0.39, 0.29) is 18.2 Å². The fraction of sp³-hybridized carbons (Fsp3) is 0.542. The van der Waals surface area contributed by atoms with Crippen molar-refractivity contribution in [1.82, 2.24) is 10.3 Å². The number of fused-ring (bicyclic) bond motifs is 1. The SMILES string of the molecule is O=C(O)CC1CCN(c2ccc3c(C(=O)NCC4CCCCC4)c(Cl)ccc3n2)CC1. The van der Waals surface area contributed by atoms with Crippen molar-refractivity contribution >= 4 is 40.2 Å². The third-order valence-corrected chi connectivity index (χ3v) is 7.03. The molecular weight excluding hydrogens is 414 g/mol. The molecule has 2 aliphatic rings. The maximum absolute atomic E-state index is 13.0. The number of carbonyl (C=O) groups excluding carboxylic acids is 1. The number of carboxylic acids is 1. The number of anilines is 1. The van der Waals surface area contributed by atoms with Gasteiger partial charge in [0.1, 0.15) is 5.82 Å². The Balaban J connectivity index is 1.47. The molecule has 1 saturated carbocycles. The Morgan fingerprint density at radius 1 is 1.03 bits per heavy atom. The Kier molecular flexibility index (Phi) is 6.96. The van der Waals surface area contributed by atoms with Crippen molar-refractivity contribution in [2.45, 2.75) is 51.4 Å². The van der Waals surface area contributed by atoms with Gasteiger partial charge in [-0.25, -0.2) is 4.98 Å². The van der Waals surface area contributed by atoms with Gasteiger partial charge in [0.25, 0.3) is 5.91 Å². The molecule has 6 nitrogen and oxygen atoms in total. The predicted octanol–water partition coefficient (Wildman–Crippen LogP) is 4.89. The summed E-state index contributed by atoms with van der Waals surface area (Å²) in [6.45, 7) is 2.28. The molecule has 1 aliphatic heterocycles. The van der Waals surface area contributed by atoms with Crippen LogP contribution in [0.25, 0.3) is 10.9 Å². The molecule has 2 aromatic rings. The summed E-state index contributed by atoms with van der Waals surface area (Å²) in [5.41, 5.74) is 1.24. The van der Waals surface area contributed by atoms with E-state index in [0.717, 1.165) is 42.7 Å². The Hall–Kier alpha value is -2.34. The quantitative estimate of drug-likeness (QED) is 0.664. The number of rotatable bonds is 6. The lowest BCUT2D eigenvalue weighted by Crippen LogP contribution is -2.34. The Labute approximate surface area is 188 Å². The molecule has 1 aliphatic carbocycles. The Morgan fingerprint density at radius 3 is 2.48 bits per heavy atom. The number of pyridine rings is 1. The molecule has 0 spiro atoms. The molecule has 1 saturated heterocycles. The first-order chi connectivity index (χ1) is 15.0. The summed E-state index contributed by atoms with van der Waals surface area (Å²) in [4.78, 5) is 30.9. The number of piperidine rings is 1. The summed E-state index contributed by atoms with van der Waals surface area (Å²) < 4.78 is 0. The summed E-state index contributed by atoms with van der Waals surface area (Å²) in [5.74, 6) is 0.781. The van der Waals surface area contributed by atoms with E-state index in [2.05, 4.69) is 10.2 Å². The number of aromatic nitrogens is 1. The zero-order chi connectivity index (χ0) is 21.8. The summed E-state index contributed by atoms with van der Waals surface area (Å²) in [7, 11) is 0. The highest BCUT2D eigenvalue weighted by Crippen LogP contribution is 2.30. The van der Waals surface area contributed by atoms with Crippen LogP contribution in [0.5, 0.6) is 0 Å². The van der Waals surface area contributed by atoms with Gasteiger partial charge in [0, 0.05) is 31.4 Å². The minimum absolute atomic E-state index is 0.134. The molecule has 2 N–H and O–H groups in total. The number of hydrogen-bond donors (Lipinski definition) is 2. The average molecular weight is 444 g/mol. The molecule has 1 amide bonds. The van der Waals surface area contributed by atoms with Crippen LogP contribution >= 0.6 is 11.6 Å². The number of nitrogens with zero attached hydrogens (tertiary/aromatic N) is 2. The third kappa shape index (κ3) is 5.29. The van der Waals surface area contributed by atoms with Crippen LogP contribution in [0.15, 0.2) is 24.3 Å². The van der Waals surface area contributed by atoms with Crippen LogP contribution in [-0.4, -0.2) is 41.6 Å². The highest BCUT2D eigenvalue weighted by molar-refractivity contribution is 6.35. The molecule has 0 atom stereocenters. The monoisotopic (exact) mass is 443 g/mol. The number of halogens is 1. The molecule has 0 unspecified atom stereocenters. The van der Waals surface area contributed by atoms with Crippen molar-refractivity contribution in [3.8, 4) is 0 Å². The van der Waals surface area contributed by atoms with Gasteiger partial charge >= 0.3 is 5.97 Å². The summed E-state index contributed by atoms with van der Waals surface area (Å²) in [5, 5.41) is 13.3. The van der Waals surface area contributed by atoms with Gasteiger partial charge < -0.3 is 15.3 Å². The fourth-order valence-corrected chi connectivity index (χ4v) is 5.15. The number of amides is 1. The number of hydrogen-bond acceptors (Lipinski definition) is 4. The average Bonchev–Trinajstić information content (AvgIpc) is 2.78. The molecule has 1 aromatic heterocycles. The Morgan fingerprint density at radius 2 is 1.77 bits per heavy atom. The van der Waals surface area contributed by atoms with E-state index >= 15 is 0 Å². The van der Waals surface area contributed by atoms with Crippen LogP contribution < -0.4 is 10.2 Å². The molecule has 2 heterocycles. The molecule has 166 valence electrons. The third-order valence-electron chi connectivity index (χ3n) is 6.71. The lowest BCUT2D eigenvalue weighted by molar-refractivity contribution is -0.138. The lowest BCUT2D eigenvalue weighted by atomic mass is 9.89. The predicted molar refractivity (Wildman–Crippen MR) is 123 cm³/mol. The van der Waals surface area contributed by atoms with Gasteiger partial charge in [0.15, 0.2) is 0 Å². The van der Waals surface area contributed by atoms with Crippen molar-refractivity contribution in [2.75, 3.05) is 24.5 Å². The van der Waals surface area contributed by atoms with Gasteiger partial charge in [-0.15, -0.1) is 0 Å². The zero-order valence-corrected chi connectivity index (χ0v) is 18.5. The maximum atomic E-state index is 13.0. The normalized spacial score (nSPS) is 18.3. The van der Waals surface area contributed by atoms with Crippen LogP contribution in [0.3, 0.4) is 0 Å². The first kappa shape index (κ1) is 21.9. The van der Waals surface area contributed by atoms with Crippen LogP contribution in [0, 0.1) is 11.8 Å². The minimum Gasteiger partial charge on any atom is -0.481 e. The summed E-state index contributed by atoms with van der Waals surface area (Å²) >= 11 is 6.42.